The molecule has 0 aliphatic heterocycles. The summed E-state index contributed by atoms with van der Waals surface area (Å²) in [5, 5.41) is 59.6. The van der Waals surface area contributed by atoms with Gasteiger partial charge in [-0.05, 0) is 72.1 Å². The highest BCUT2D eigenvalue weighted by molar-refractivity contribution is 8.19. The van der Waals surface area contributed by atoms with Crippen LogP contribution in [0.2, 0.25) is 0 Å². The molecule has 0 fully saturated rings. The van der Waals surface area contributed by atoms with Gasteiger partial charge in [0.15, 0.2) is 5.75 Å². The predicted octanol–water partition coefficient (Wildman–Crippen LogP) is 10.5. The van der Waals surface area contributed by atoms with Gasteiger partial charge in [0, 0.05) is 38.9 Å². The number of fused-ring (bicyclic) bond motifs is 2. The second-order valence-electron chi connectivity index (χ2n) is 11.2. The molecule has 6 aromatic rings. The number of azo groups is 3. The molecule has 0 amide bonds. The highest BCUT2D eigenvalue weighted by atomic mass is 32.3. The van der Waals surface area contributed by atoms with Crippen molar-refractivity contribution in [2.45, 2.75) is 14.7 Å². The average molecular weight is 810 g/mol. The van der Waals surface area contributed by atoms with Crippen molar-refractivity contribution in [3.8, 4) is 17.2 Å². The lowest BCUT2D eigenvalue weighted by Crippen LogP contribution is -1.97. The largest absolute Gasteiger partial charge is 0.506 e. The fourth-order valence-corrected chi connectivity index (χ4v) is 6.65. The molecule has 19 nitrogen and oxygen atoms in total. The molecule has 284 valence electrons. The van der Waals surface area contributed by atoms with Gasteiger partial charge < -0.3 is 34.3 Å². The normalized spacial score (nSPS) is 12.8. The highest BCUT2D eigenvalue weighted by Crippen LogP contribution is 2.54. The molecule has 0 heterocycles. The number of nitrogen functional groups attached to an aromatic ring is 1. The van der Waals surface area contributed by atoms with Crippen LogP contribution in [0.4, 0.5) is 39.8 Å². The lowest BCUT2D eigenvalue weighted by atomic mass is 10.1. The summed E-state index contributed by atoms with van der Waals surface area (Å²) >= 11 is 0.763. The first-order valence-electron chi connectivity index (χ1n) is 15.2. The van der Waals surface area contributed by atoms with Crippen LogP contribution in [0.1, 0.15) is 0 Å². The fraction of sp³-hybridized carbons (Fsp3) is 0.0303. The summed E-state index contributed by atoms with van der Waals surface area (Å²) in [6.45, 7) is 0. The molecule has 0 aliphatic rings. The topological polar surface area (TPSA) is 304 Å². The third-order valence-electron chi connectivity index (χ3n) is 7.68. The van der Waals surface area contributed by atoms with Crippen molar-refractivity contribution in [3.63, 3.8) is 0 Å². The molecule has 6 aromatic carbocycles. The molecule has 0 spiro atoms. The lowest BCUT2D eigenvalue weighted by Gasteiger charge is -2.22. The number of nitrogens with zero attached hydrogens (tertiary/aromatic N) is 6. The summed E-state index contributed by atoms with van der Waals surface area (Å²) < 4.78 is 73.8. The Morgan fingerprint density at radius 3 is 2.02 bits per heavy atom. The first kappa shape index (κ1) is 38.9. The van der Waals surface area contributed by atoms with Crippen molar-refractivity contribution in [2.24, 2.45) is 30.7 Å². The minimum Gasteiger partial charge on any atom is -0.506 e. The molecule has 0 saturated heterocycles. The number of methoxy groups -OCH3 is 1. The minimum atomic E-state index is -4.63. The Kier molecular flexibility index (Phi) is 11.3. The van der Waals surface area contributed by atoms with E-state index in [9.17, 15) is 36.8 Å². The number of phenols is 2. The number of hydrogen-bond donors (Lipinski definition) is 8. The quantitative estimate of drug-likeness (QED) is 0.0142. The number of hydrogen-bond acceptors (Lipinski definition) is 19. The van der Waals surface area contributed by atoms with Crippen molar-refractivity contribution in [3.05, 3.63) is 91.0 Å². The molecule has 6 rings (SSSR count). The maximum atomic E-state index is 12.0. The van der Waals surface area contributed by atoms with Crippen LogP contribution in [0.25, 0.3) is 21.5 Å². The number of benzene rings is 6. The van der Waals surface area contributed by atoms with Crippen molar-refractivity contribution in [2.75, 3.05) is 12.8 Å². The van der Waals surface area contributed by atoms with E-state index in [0.717, 1.165) is 18.1 Å². The molecule has 0 aliphatic carbocycles. The third-order valence-corrected chi connectivity index (χ3v) is 10.0. The summed E-state index contributed by atoms with van der Waals surface area (Å²) in [4.78, 5) is -0.361. The Morgan fingerprint density at radius 2 is 1.35 bits per heavy atom. The maximum Gasteiger partial charge on any atom is 0.294 e. The zero-order valence-electron chi connectivity index (χ0n) is 27.8. The van der Waals surface area contributed by atoms with E-state index in [-0.39, 0.29) is 39.3 Å². The van der Waals surface area contributed by atoms with Crippen molar-refractivity contribution >= 4 is 94.4 Å². The molecule has 55 heavy (non-hydrogen) atoms. The van der Waals surface area contributed by atoms with Crippen molar-refractivity contribution in [1.82, 2.24) is 0 Å². The van der Waals surface area contributed by atoms with Crippen molar-refractivity contribution < 1.29 is 56.2 Å². The molecular formula is C33H27N7O12S3. The Balaban J connectivity index is 1.35. The van der Waals surface area contributed by atoms with E-state index in [2.05, 4.69) is 40.1 Å². The van der Waals surface area contributed by atoms with Gasteiger partial charge in [0.25, 0.3) is 10.1 Å². The smallest absolute Gasteiger partial charge is 0.294 e. The molecule has 0 bridgehead atoms. The van der Waals surface area contributed by atoms with Gasteiger partial charge in [-0.2, -0.15) is 13.5 Å². The summed E-state index contributed by atoms with van der Waals surface area (Å²) in [5.41, 5.74) is 6.26. The molecule has 9 N–H and O–H groups in total. The zero-order valence-corrected chi connectivity index (χ0v) is 30.3. The van der Waals surface area contributed by atoms with E-state index < -0.39 is 48.0 Å². The molecule has 0 aromatic heterocycles. The fourth-order valence-electron chi connectivity index (χ4n) is 5.11. The highest BCUT2D eigenvalue weighted by Gasteiger charge is 2.25. The second kappa shape index (κ2) is 15.9. The minimum absolute atomic E-state index is 0.0193. The van der Waals surface area contributed by atoms with E-state index >= 15 is 0 Å². The first-order valence-corrected chi connectivity index (χ1v) is 18.9. The van der Waals surface area contributed by atoms with Crippen LogP contribution in [0.3, 0.4) is 0 Å². The number of ether oxygens (including phenoxy) is 1. The number of phenolic OH excluding ortho intramolecular Hbond substituents is 2. The van der Waals surface area contributed by atoms with E-state index in [1.165, 1.54) is 61.7 Å². The van der Waals surface area contributed by atoms with Gasteiger partial charge in [-0.3, -0.25) is 4.55 Å². The number of nitrogens with two attached hydrogens (primary N) is 1. The van der Waals surface area contributed by atoms with Crippen LogP contribution in [-0.2, 0) is 19.5 Å². The maximum absolute atomic E-state index is 12.0. The Hall–Kier alpha value is -5.79. The first-order chi connectivity index (χ1) is 26.2. The van der Waals surface area contributed by atoms with Gasteiger partial charge in [-0.1, -0.05) is 17.2 Å². The van der Waals surface area contributed by atoms with Gasteiger partial charge in [-0.15, -0.1) is 29.9 Å². The van der Waals surface area contributed by atoms with Gasteiger partial charge in [0.1, 0.15) is 39.4 Å². The lowest BCUT2D eigenvalue weighted by molar-refractivity contribution is -0.432. The Labute approximate surface area is 316 Å². The van der Waals surface area contributed by atoms with Gasteiger partial charge in [0.2, 0.25) is 0 Å². The third kappa shape index (κ3) is 8.79. The molecule has 0 atom stereocenters. The van der Waals surface area contributed by atoms with Crippen LogP contribution in [0.15, 0.2) is 136 Å². The molecule has 0 unspecified atom stereocenters. The van der Waals surface area contributed by atoms with Crippen LogP contribution in [0.5, 0.6) is 17.2 Å². The molecule has 0 saturated carbocycles. The summed E-state index contributed by atoms with van der Waals surface area (Å²) in [6.07, 6.45) is 0. The SMILES string of the molecule is COc1cc(N=Nc2c(S(O)(O)O)cc3ccc(N)cc3c2O)c(O)cc1N=Nc1ccc(N=Nc2ccc(SOOO)cc2)c2ccc(S(=O)(=O)O)cc12. The van der Waals surface area contributed by atoms with Crippen LogP contribution < -0.4 is 10.5 Å². The average Bonchev–Trinajstić information content (AvgIpc) is 3.15. The standard InChI is InChI=1S/C33H27N7O12S3/c1-50-30-16-27(38-40-32-31(55(47,48)49)12-17-2-3-18(34)13-23(17)33(32)42)29(41)15-28(30)39-37-26-11-10-25(22-9-8-21(14-24(22)26)54(44,45)46)36-35-19-4-6-20(7-5-19)53-52-51-43/h2-16,41-43,47-49H,34H2,1H3,(H,44,45,46). The zero-order chi connectivity index (χ0) is 39.5. The number of anilines is 1. The van der Waals surface area contributed by atoms with Crippen LogP contribution in [0, 0.1) is 0 Å². The van der Waals surface area contributed by atoms with E-state index in [1.54, 1.807) is 30.3 Å². The van der Waals surface area contributed by atoms with E-state index in [0.29, 0.717) is 27.0 Å². The van der Waals surface area contributed by atoms with Crippen molar-refractivity contribution in [1.29, 1.82) is 0 Å². The monoisotopic (exact) mass is 809 g/mol. The van der Waals surface area contributed by atoms with E-state index in [1.807, 2.05) is 0 Å². The second-order valence-corrected chi connectivity index (χ2v) is 14.9. The molecule has 22 heteroatoms. The van der Waals surface area contributed by atoms with Gasteiger partial charge in [0.05, 0.1) is 46.0 Å². The number of rotatable bonds is 12. The van der Waals surface area contributed by atoms with E-state index in [4.69, 9.17) is 15.7 Å². The summed E-state index contributed by atoms with van der Waals surface area (Å²) in [6, 6.07) is 21.3. The molecular weight excluding hydrogens is 783 g/mol. The summed E-state index contributed by atoms with van der Waals surface area (Å²) in [7, 11) is -7.74. The van der Waals surface area contributed by atoms with Crippen LogP contribution in [-0.4, -0.2) is 49.2 Å². The summed E-state index contributed by atoms with van der Waals surface area (Å²) in [5.74, 6) is -1.05. The number of aromatic hydroxyl groups is 2. The van der Waals surface area contributed by atoms with Crippen LogP contribution >= 0.6 is 22.9 Å². The van der Waals surface area contributed by atoms with Gasteiger partial charge in [-0.25, -0.2) is 5.26 Å². The Morgan fingerprint density at radius 1 is 0.673 bits per heavy atom. The van der Waals surface area contributed by atoms with Gasteiger partial charge >= 0.3 is 0 Å². The molecule has 0 radical (unpaired) electrons. The Bertz CT molecular complexity index is 2640. The predicted molar refractivity (Wildman–Crippen MR) is 202 cm³/mol.